The molecule has 0 aliphatic heterocycles. The van der Waals surface area contributed by atoms with Crippen LogP contribution in [-0.2, 0) is 28.6 Å². The van der Waals surface area contributed by atoms with Gasteiger partial charge in [0.05, 0.1) is 0 Å². The summed E-state index contributed by atoms with van der Waals surface area (Å²) in [4.78, 5) is 38.1. The average molecular weight is 920 g/mol. The van der Waals surface area contributed by atoms with Gasteiger partial charge in [0.2, 0.25) is 0 Å². The first-order valence-corrected chi connectivity index (χ1v) is 29.4. The molecule has 0 aliphatic carbocycles. The van der Waals surface area contributed by atoms with E-state index in [1.165, 1.54) is 231 Å². The molecule has 0 N–H and O–H groups in total. The zero-order valence-electron chi connectivity index (χ0n) is 44.5. The summed E-state index contributed by atoms with van der Waals surface area (Å²) in [5, 5.41) is 0. The fourth-order valence-corrected chi connectivity index (χ4v) is 9.10. The fourth-order valence-electron chi connectivity index (χ4n) is 9.10. The van der Waals surface area contributed by atoms with E-state index in [2.05, 4.69) is 27.7 Å². The Morgan fingerprint density at radius 2 is 0.508 bits per heavy atom. The van der Waals surface area contributed by atoms with Gasteiger partial charge < -0.3 is 14.2 Å². The largest absolute Gasteiger partial charge is 0.462 e. The van der Waals surface area contributed by atoms with Crippen LogP contribution in [0.2, 0.25) is 0 Å². The van der Waals surface area contributed by atoms with Gasteiger partial charge in [-0.1, -0.05) is 297 Å². The molecular formula is C59H114O6. The van der Waals surface area contributed by atoms with Crippen LogP contribution in [0, 0.1) is 5.92 Å². The molecule has 65 heavy (non-hydrogen) atoms. The third-order valence-electron chi connectivity index (χ3n) is 13.5. The lowest BCUT2D eigenvalue weighted by Gasteiger charge is -2.18. The van der Waals surface area contributed by atoms with E-state index >= 15 is 0 Å². The van der Waals surface area contributed by atoms with Crippen molar-refractivity contribution in [2.24, 2.45) is 5.92 Å². The maximum atomic E-state index is 12.9. The highest BCUT2D eigenvalue weighted by Gasteiger charge is 2.19. The van der Waals surface area contributed by atoms with E-state index in [1.807, 2.05) is 0 Å². The van der Waals surface area contributed by atoms with Crippen LogP contribution < -0.4 is 0 Å². The van der Waals surface area contributed by atoms with Crippen molar-refractivity contribution in [1.29, 1.82) is 0 Å². The average Bonchev–Trinajstić information content (AvgIpc) is 3.29. The van der Waals surface area contributed by atoms with Crippen LogP contribution in [0.1, 0.15) is 336 Å². The number of hydrogen-bond donors (Lipinski definition) is 0. The quantitative estimate of drug-likeness (QED) is 0.0344. The highest BCUT2D eigenvalue weighted by Crippen LogP contribution is 2.18. The lowest BCUT2D eigenvalue weighted by molar-refractivity contribution is -0.167. The van der Waals surface area contributed by atoms with Gasteiger partial charge >= 0.3 is 17.9 Å². The molecule has 0 aromatic heterocycles. The van der Waals surface area contributed by atoms with E-state index in [4.69, 9.17) is 14.2 Å². The van der Waals surface area contributed by atoms with E-state index in [9.17, 15) is 14.4 Å². The molecule has 0 spiro atoms. The van der Waals surface area contributed by atoms with Crippen molar-refractivity contribution in [3.8, 4) is 0 Å². The zero-order chi connectivity index (χ0) is 47.4. The summed E-state index contributed by atoms with van der Waals surface area (Å²) in [7, 11) is 0. The van der Waals surface area contributed by atoms with Crippen molar-refractivity contribution in [2.45, 2.75) is 342 Å². The lowest BCUT2D eigenvalue weighted by atomic mass is 10.0. The Hall–Kier alpha value is -1.59. The van der Waals surface area contributed by atoms with Crippen LogP contribution in [0.25, 0.3) is 0 Å². The van der Waals surface area contributed by atoms with Crippen molar-refractivity contribution >= 4 is 17.9 Å². The fraction of sp³-hybridized carbons (Fsp3) is 0.949. The molecule has 6 nitrogen and oxygen atoms in total. The Kier molecular flexibility index (Phi) is 52.1. The Balaban J connectivity index is 4.28. The Morgan fingerprint density at radius 1 is 0.292 bits per heavy atom. The summed E-state index contributed by atoms with van der Waals surface area (Å²) >= 11 is 0. The summed E-state index contributed by atoms with van der Waals surface area (Å²) in [5.41, 5.74) is 0. The van der Waals surface area contributed by atoms with E-state index in [0.29, 0.717) is 19.3 Å². The summed E-state index contributed by atoms with van der Waals surface area (Å²) in [6.07, 6.45) is 58.0. The molecule has 0 aliphatic rings. The molecule has 0 amide bonds. The SMILES string of the molecule is CCCCCCCCCCCCCCCCCCCC(=O)OC[C@H](COC(=O)CCCCCCCCCCCCCCC)OC(=O)CCCCCCCCCCCCCCCCC(C)C. The molecule has 0 rings (SSSR count). The van der Waals surface area contributed by atoms with Gasteiger partial charge in [0.25, 0.3) is 0 Å². The first-order valence-electron chi connectivity index (χ1n) is 29.4. The highest BCUT2D eigenvalue weighted by atomic mass is 16.6. The summed E-state index contributed by atoms with van der Waals surface area (Å²) in [6, 6.07) is 0. The molecule has 0 aromatic rings. The Labute approximate surface area is 406 Å². The summed E-state index contributed by atoms with van der Waals surface area (Å²) < 4.78 is 16.9. The maximum absolute atomic E-state index is 12.9. The molecule has 0 fully saturated rings. The molecule has 6 heteroatoms. The normalized spacial score (nSPS) is 12.0. The molecule has 0 heterocycles. The Morgan fingerprint density at radius 3 is 0.754 bits per heavy atom. The van der Waals surface area contributed by atoms with Gasteiger partial charge in [-0.05, 0) is 25.2 Å². The highest BCUT2D eigenvalue weighted by molar-refractivity contribution is 5.71. The van der Waals surface area contributed by atoms with Gasteiger partial charge in [-0.3, -0.25) is 14.4 Å². The number of rotatable bonds is 54. The predicted octanol–water partition coefficient (Wildman–Crippen LogP) is 19.4. The van der Waals surface area contributed by atoms with Crippen molar-refractivity contribution in [3.63, 3.8) is 0 Å². The van der Waals surface area contributed by atoms with Gasteiger partial charge in [-0.15, -0.1) is 0 Å². The first-order chi connectivity index (χ1) is 31.9. The van der Waals surface area contributed by atoms with Gasteiger partial charge in [-0.2, -0.15) is 0 Å². The van der Waals surface area contributed by atoms with Crippen molar-refractivity contribution in [3.05, 3.63) is 0 Å². The van der Waals surface area contributed by atoms with Crippen molar-refractivity contribution in [2.75, 3.05) is 13.2 Å². The van der Waals surface area contributed by atoms with Gasteiger partial charge in [0.1, 0.15) is 13.2 Å². The van der Waals surface area contributed by atoms with E-state index in [0.717, 1.165) is 63.7 Å². The summed E-state index contributed by atoms with van der Waals surface area (Å²) in [5.74, 6) is 0.00967. The maximum Gasteiger partial charge on any atom is 0.306 e. The van der Waals surface area contributed by atoms with Gasteiger partial charge in [0.15, 0.2) is 6.10 Å². The minimum Gasteiger partial charge on any atom is -0.462 e. The standard InChI is InChI=1S/C59H114O6/c1-5-7-9-11-13-15-17-19-20-21-22-27-31-35-39-43-47-51-58(61)64-54-56(53-63-57(60)50-46-42-38-34-30-25-18-16-14-12-10-8-6-2)65-59(62)52-48-44-40-36-32-28-24-23-26-29-33-37-41-45-49-55(3)4/h55-56H,5-54H2,1-4H3/t56-/m0/s1. The van der Waals surface area contributed by atoms with E-state index < -0.39 is 6.10 Å². The third-order valence-corrected chi connectivity index (χ3v) is 13.5. The zero-order valence-corrected chi connectivity index (χ0v) is 44.5. The third kappa shape index (κ3) is 53.2. The van der Waals surface area contributed by atoms with Crippen LogP contribution in [0.15, 0.2) is 0 Å². The van der Waals surface area contributed by atoms with Gasteiger partial charge in [-0.25, -0.2) is 0 Å². The molecule has 386 valence electrons. The molecule has 0 unspecified atom stereocenters. The van der Waals surface area contributed by atoms with Crippen LogP contribution in [-0.4, -0.2) is 37.2 Å². The number of hydrogen-bond acceptors (Lipinski definition) is 6. The topological polar surface area (TPSA) is 78.9 Å². The second-order valence-corrected chi connectivity index (χ2v) is 20.8. The number of esters is 3. The van der Waals surface area contributed by atoms with Crippen LogP contribution in [0.4, 0.5) is 0 Å². The van der Waals surface area contributed by atoms with Crippen molar-refractivity contribution in [1.82, 2.24) is 0 Å². The monoisotopic (exact) mass is 919 g/mol. The van der Waals surface area contributed by atoms with Crippen LogP contribution >= 0.6 is 0 Å². The smallest absolute Gasteiger partial charge is 0.306 e. The minimum absolute atomic E-state index is 0.0617. The molecule has 0 bridgehead atoms. The predicted molar refractivity (Wildman–Crippen MR) is 280 cm³/mol. The second-order valence-electron chi connectivity index (χ2n) is 20.8. The molecule has 0 saturated heterocycles. The molecule has 0 radical (unpaired) electrons. The molecule has 1 atom stereocenters. The molecule has 0 aromatic carbocycles. The molecule has 0 saturated carbocycles. The van der Waals surface area contributed by atoms with Crippen LogP contribution in [0.5, 0.6) is 0 Å². The number of carbonyl (C=O) groups excluding carboxylic acids is 3. The van der Waals surface area contributed by atoms with Crippen molar-refractivity contribution < 1.29 is 28.6 Å². The first kappa shape index (κ1) is 63.4. The van der Waals surface area contributed by atoms with E-state index in [-0.39, 0.29) is 31.1 Å². The number of ether oxygens (including phenoxy) is 3. The number of carbonyl (C=O) groups is 3. The van der Waals surface area contributed by atoms with Gasteiger partial charge in [0, 0.05) is 19.3 Å². The second kappa shape index (κ2) is 53.4. The minimum atomic E-state index is -0.762. The Bertz CT molecular complexity index is 980. The number of unbranched alkanes of at least 4 members (excludes halogenated alkanes) is 41. The summed E-state index contributed by atoms with van der Waals surface area (Å²) in [6.45, 7) is 9.07. The van der Waals surface area contributed by atoms with Crippen LogP contribution in [0.3, 0.4) is 0 Å². The molecular weight excluding hydrogens is 805 g/mol. The lowest BCUT2D eigenvalue weighted by Crippen LogP contribution is -2.30. The van der Waals surface area contributed by atoms with E-state index in [1.54, 1.807) is 0 Å².